The van der Waals surface area contributed by atoms with Crippen molar-refractivity contribution in [2.24, 2.45) is 22.7 Å². The number of cyclic esters (lactones) is 1. The summed E-state index contributed by atoms with van der Waals surface area (Å²) < 4.78 is 4.90. The molecule has 1 saturated heterocycles. The van der Waals surface area contributed by atoms with Crippen LogP contribution >= 0.6 is 0 Å². The van der Waals surface area contributed by atoms with Crippen molar-refractivity contribution in [3.8, 4) is 0 Å². The van der Waals surface area contributed by atoms with Crippen molar-refractivity contribution in [3.05, 3.63) is 23.8 Å². The minimum absolute atomic E-state index is 0. The molecule has 0 radical (unpaired) electrons. The fourth-order valence-electron chi connectivity index (χ4n) is 5.56. The van der Waals surface area contributed by atoms with Crippen molar-refractivity contribution in [1.29, 1.82) is 0 Å². The fraction of sp³-hybridized carbons (Fsp3) is 0.750. The Morgan fingerprint density at radius 1 is 1.30 bits per heavy atom. The number of fused-ring (bicyclic) bond motifs is 1. The second-order valence-corrected chi connectivity index (χ2v) is 8.54. The zero-order valence-corrected chi connectivity index (χ0v) is 22.3. The summed E-state index contributed by atoms with van der Waals surface area (Å²) >= 11 is 0. The van der Waals surface area contributed by atoms with Crippen LogP contribution in [0.25, 0.3) is 0 Å². The normalized spacial score (nSPS) is 42.8. The Bertz CT molecular complexity index is 609. The first-order valence-electron chi connectivity index (χ1n) is 9.26. The Morgan fingerprint density at radius 3 is 2.52 bits per heavy atom. The van der Waals surface area contributed by atoms with Crippen LogP contribution < -0.4 is 80.9 Å². The van der Waals surface area contributed by atoms with Crippen LogP contribution in [0.1, 0.15) is 46.0 Å². The summed E-state index contributed by atoms with van der Waals surface area (Å²) in [5.41, 5.74) is 0.911. The summed E-state index contributed by atoms with van der Waals surface area (Å²) in [6.45, 7) is 8.50. The van der Waals surface area contributed by atoms with Crippen LogP contribution in [0.4, 0.5) is 0 Å². The third-order valence-corrected chi connectivity index (χ3v) is 7.23. The quantitative estimate of drug-likeness (QED) is 0.190. The molecule has 0 amide bonds. The van der Waals surface area contributed by atoms with Crippen LogP contribution in [-0.4, -0.2) is 46.7 Å². The third-order valence-electron chi connectivity index (χ3n) is 7.23. The van der Waals surface area contributed by atoms with Crippen molar-refractivity contribution in [1.82, 2.24) is 0 Å². The van der Waals surface area contributed by atoms with Crippen LogP contribution in [0, 0.1) is 22.7 Å². The van der Waals surface area contributed by atoms with Crippen molar-refractivity contribution >= 4 is 5.97 Å². The van der Waals surface area contributed by atoms with Gasteiger partial charge in [0.15, 0.2) is 0 Å². The molecule has 0 aromatic heterocycles. The van der Waals surface area contributed by atoms with Crippen molar-refractivity contribution in [2.45, 2.75) is 58.2 Å². The number of hydrogen-bond acceptors (Lipinski definition) is 5. The van der Waals surface area contributed by atoms with E-state index < -0.39 is 23.6 Å². The maximum Gasteiger partial charge on any atom is 1.00 e. The first-order chi connectivity index (χ1) is 11.7. The number of ether oxygens (including phenoxy) is 1. The first-order valence-corrected chi connectivity index (χ1v) is 9.26. The van der Waals surface area contributed by atoms with Crippen molar-refractivity contribution in [2.75, 3.05) is 13.2 Å². The van der Waals surface area contributed by atoms with Gasteiger partial charge in [-0.2, -0.15) is 0 Å². The molecule has 1 heterocycles. The van der Waals surface area contributed by atoms with E-state index in [2.05, 4.69) is 13.5 Å². The van der Waals surface area contributed by atoms with E-state index in [4.69, 9.17) is 4.74 Å². The Morgan fingerprint density at radius 2 is 1.96 bits per heavy atom. The summed E-state index contributed by atoms with van der Waals surface area (Å²) in [7, 11) is 0. The van der Waals surface area contributed by atoms with Crippen LogP contribution in [0.3, 0.4) is 0 Å². The molecule has 0 aromatic carbocycles. The first kappa shape index (κ1) is 26.5. The number of hydrogen-bond donors (Lipinski definition) is 3. The number of aliphatic hydroxyl groups is 3. The van der Waals surface area contributed by atoms with Gasteiger partial charge in [-0.3, -0.25) is 0 Å². The van der Waals surface area contributed by atoms with Gasteiger partial charge in [0.1, 0.15) is 12.7 Å². The van der Waals surface area contributed by atoms with E-state index in [0.717, 1.165) is 24.8 Å². The summed E-state index contributed by atoms with van der Waals surface area (Å²) in [6, 6.07) is 0. The molecule has 0 bridgehead atoms. The van der Waals surface area contributed by atoms with Crippen LogP contribution in [0.15, 0.2) is 23.8 Å². The minimum atomic E-state index is -0.844. The van der Waals surface area contributed by atoms with Gasteiger partial charge in [-0.1, -0.05) is 32.1 Å². The average molecular weight is 413 g/mol. The minimum Gasteiger partial charge on any atom is -0.459 e. The number of carbonyl (C=O) groups is 1. The molecule has 0 aromatic rings. The van der Waals surface area contributed by atoms with Crippen LogP contribution in [0.2, 0.25) is 0 Å². The van der Waals surface area contributed by atoms with Gasteiger partial charge in [-0.15, -0.1) is 0 Å². The molecule has 3 fully saturated rings. The molecule has 7 heteroatoms. The Balaban J connectivity index is 0.00000182. The van der Waals surface area contributed by atoms with Gasteiger partial charge in [0.25, 0.3) is 0 Å². The van der Waals surface area contributed by atoms with E-state index in [-0.39, 0.29) is 111 Å². The topological polar surface area (TPSA) is 87.0 Å². The standard InChI is InChI=1S/C20H30O5.K.Na/c1-12-4-7-16-19(2,9-8-17(23)20(16,3)11-21)14(12)6-5-13-15(22)10-25-18(13)24;;/h5,14-17,21-23H,1,4,6-11H2,2-3H3;;/q;2*+1/b13-5+;;/t14-,15-,16?,17-,19+,20+;;/m1../s1. The number of allylic oxidation sites excluding steroid dienone is 2. The van der Waals surface area contributed by atoms with Gasteiger partial charge in [0.2, 0.25) is 0 Å². The molecule has 1 aliphatic heterocycles. The molecular formula is C20H30KNaO5+2. The molecule has 6 atom stereocenters. The van der Waals surface area contributed by atoms with Crippen molar-refractivity contribution in [3.63, 3.8) is 0 Å². The Kier molecular flexibility index (Phi) is 10.00. The SMILES string of the molecule is C=C1CCC2[C@](C)(CO)[C@H](O)CC[C@@]2(C)[C@@H]1C/C=C1/C(=O)OC[C@H]1O.[K+].[Na+]. The monoisotopic (exact) mass is 412 g/mol. The number of aliphatic hydroxyl groups excluding tert-OH is 3. The van der Waals surface area contributed by atoms with E-state index >= 15 is 0 Å². The molecule has 2 saturated carbocycles. The molecule has 2 aliphatic carbocycles. The average Bonchev–Trinajstić information content (AvgIpc) is 2.89. The molecule has 27 heavy (non-hydrogen) atoms. The Labute approximate surface area is 226 Å². The molecule has 0 spiro atoms. The van der Waals surface area contributed by atoms with Gasteiger partial charge >= 0.3 is 86.9 Å². The van der Waals surface area contributed by atoms with E-state index in [1.54, 1.807) is 0 Å². The van der Waals surface area contributed by atoms with Crippen LogP contribution in [0.5, 0.6) is 0 Å². The molecule has 3 N–H and O–H groups in total. The summed E-state index contributed by atoms with van der Waals surface area (Å²) in [5, 5.41) is 30.4. The van der Waals surface area contributed by atoms with Crippen molar-refractivity contribution < 1.29 is 106 Å². The number of carbonyl (C=O) groups excluding carboxylic acids is 1. The zero-order valence-electron chi connectivity index (χ0n) is 17.2. The number of esters is 1. The molecule has 3 rings (SSSR count). The molecule has 1 unspecified atom stereocenters. The molecular weight excluding hydrogens is 382 g/mol. The maximum absolute atomic E-state index is 11.8. The van der Waals surface area contributed by atoms with Gasteiger partial charge in [0.05, 0.1) is 18.3 Å². The van der Waals surface area contributed by atoms with Gasteiger partial charge in [0, 0.05) is 5.41 Å². The van der Waals surface area contributed by atoms with E-state index in [1.165, 1.54) is 0 Å². The van der Waals surface area contributed by atoms with E-state index in [9.17, 15) is 20.1 Å². The zero-order chi connectivity index (χ0) is 18.4. The largest absolute Gasteiger partial charge is 1.00 e. The molecule has 140 valence electrons. The second-order valence-electron chi connectivity index (χ2n) is 8.54. The maximum atomic E-state index is 11.8. The Hall–Kier alpha value is 1.47. The van der Waals surface area contributed by atoms with E-state index in [0.29, 0.717) is 18.4 Å². The second kappa shape index (κ2) is 10.2. The fourth-order valence-corrected chi connectivity index (χ4v) is 5.56. The van der Waals surface area contributed by atoms with Gasteiger partial charge in [-0.05, 0) is 49.4 Å². The summed E-state index contributed by atoms with van der Waals surface area (Å²) in [4.78, 5) is 11.8. The predicted molar refractivity (Wildman–Crippen MR) is 93.6 cm³/mol. The summed E-state index contributed by atoms with van der Waals surface area (Å²) in [6.07, 6.45) is 4.42. The third kappa shape index (κ3) is 4.71. The smallest absolute Gasteiger partial charge is 0.459 e. The van der Waals surface area contributed by atoms with Crippen LogP contribution in [-0.2, 0) is 9.53 Å². The molecule has 3 aliphatic rings. The predicted octanol–water partition coefficient (Wildman–Crippen LogP) is -4.03. The van der Waals surface area contributed by atoms with Gasteiger partial charge in [-0.25, -0.2) is 4.79 Å². The van der Waals surface area contributed by atoms with E-state index in [1.807, 2.05) is 13.0 Å². The molecule has 5 nitrogen and oxygen atoms in total. The summed E-state index contributed by atoms with van der Waals surface area (Å²) in [5.74, 6) is -0.0734. The number of rotatable bonds is 3. The van der Waals surface area contributed by atoms with Gasteiger partial charge < -0.3 is 20.1 Å².